The molecule has 0 bridgehead atoms. The number of hydrogen-bond acceptors (Lipinski definition) is 3. The third-order valence-corrected chi connectivity index (χ3v) is 5.33. The number of unbranched alkanes of at least 4 members (excludes halogenated alkanes) is 11. The Morgan fingerprint density at radius 3 is 2.00 bits per heavy atom. The fourth-order valence-electron chi connectivity index (χ4n) is 3.22. The van der Waals surface area contributed by atoms with Crippen molar-refractivity contribution in [3.63, 3.8) is 0 Å². The van der Waals surface area contributed by atoms with Crippen molar-refractivity contribution in [1.29, 1.82) is 0 Å². The van der Waals surface area contributed by atoms with Crippen molar-refractivity contribution in [2.75, 3.05) is 13.2 Å². The van der Waals surface area contributed by atoms with Crippen LogP contribution in [0.25, 0.3) is 0 Å². The van der Waals surface area contributed by atoms with E-state index in [-0.39, 0.29) is 12.5 Å². The number of amides is 1. The van der Waals surface area contributed by atoms with Crippen LogP contribution in [0.4, 0.5) is 0 Å². The van der Waals surface area contributed by atoms with E-state index in [1.807, 2.05) is 12.1 Å². The van der Waals surface area contributed by atoms with Gasteiger partial charge in [-0.2, -0.15) is 0 Å². The molecule has 0 aliphatic carbocycles. The van der Waals surface area contributed by atoms with Gasteiger partial charge in [0.15, 0.2) is 6.04 Å². The highest BCUT2D eigenvalue weighted by Gasteiger charge is 2.14. The maximum Gasteiger partial charge on any atom is 0.247 e. The van der Waals surface area contributed by atoms with Crippen LogP contribution in [0, 0.1) is 0 Å². The molecule has 0 fully saturated rings. The molecule has 0 unspecified atom stereocenters. The first-order valence-corrected chi connectivity index (χ1v) is 11.7. The van der Waals surface area contributed by atoms with E-state index < -0.39 is 6.04 Å². The topological polar surface area (TPSA) is 61.7 Å². The lowest BCUT2D eigenvalue weighted by molar-refractivity contribution is -0.123. The molecule has 0 saturated carbocycles. The predicted octanol–water partition coefficient (Wildman–Crippen LogP) is 5.94. The van der Waals surface area contributed by atoms with E-state index in [4.69, 9.17) is 11.6 Å². The van der Waals surface area contributed by atoms with Gasteiger partial charge in [0, 0.05) is 17.8 Å². The van der Waals surface area contributed by atoms with Crippen molar-refractivity contribution in [3.05, 3.63) is 34.9 Å². The van der Waals surface area contributed by atoms with Gasteiger partial charge in [-0.3, -0.25) is 9.79 Å². The summed E-state index contributed by atoms with van der Waals surface area (Å²) in [5.41, 5.74) is 0.849. The van der Waals surface area contributed by atoms with E-state index in [0.29, 0.717) is 11.6 Å². The number of rotatable bonds is 17. The predicted molar refractivity (Wildman–Crippen MR) is 124 cm³/mol. The molecule has 1 rings (SSSR count). The summed E-state index contributed by atoms with van der Waals surface area (Å²) in [6.45, 7) is 2.60. The highest BCUT2D eigenvalue weighted by molar-refractivity contribution is 6.30. The van der Waals surface area contributed by atoms with Crippen LogP contribution < -0.4 is 5.32 Å². The summed E-state index contributed by atoms with van der Waals surface area (Å²) in [7, 11) is 0. The van der Waals surface area contributed by atoms with Gasteiger partial charge < -0.3 is 10.4 Å². The number of carbonyl (C=O) groups is 1. The second kappa shape index (κ2) is 17.5. The van der Waals surface area contributed by atoms with Gasteiger partial charge >= 0.3 is 0 Å². The molecule has 5 heteroatoms. The Morgan fingerprint density at radius 1 is 0.966 bits per heavy atom. The summed E-state index contributed by atoms with van der Waals surface area (Å²) in [5.74, 6) is -0.221. The normalized spacial score (nSPS) is 12.4. The Morgan fingerprint density at radius 2 is 1.48 bits per heavy atom. The minimum Gasteiger partial charge on any atom is -0.394 e. The first kappa shape index (κ1) is 25.6. The van der Waals surface area contributed by atoms with Crippen molar-refractivity contribution in [1.82, 2.24) is 5.32 Å². The van der Waals surface area contributed by atoms with Gasteiger partial charge in [-0.05, 0) is 24.1 Å². The van der Waals surface area contributed by atoms with Crippen LogP contribution in [-0.4, -0.2) is 36.4 Å². The number of benzene rings is 1. The van der Waals surface area contributed by atoms with Crippen molar-refractivity contribution in [2.45, 2.75) is 90.0 Å². The number of hydrogen-bond donors (Lipinski definition) is 2. The molecule has 0 aliphatic heterocycles. The summed E-state index contributed by atoms with van der Waals surface area (Å²) in [4.78, 5) is 16.3. The second-order valence-electron chi connectivity index (χ2n) is 7.71. The van der Waals surface area contributed by atoms with E-state index >= 15 is 0 Å². The Bertz CT molecular complexity index is 561. The molecule has 29 heavy (non-hydrogen) atoms. The summed E-state index contributed by atoms with van der Waals surface area (Å²) in [6, 6.07) is 6.42. The third kappa shape index (κ3) is 13.5. The second-order valence-corrected chi connectivity index (χ2v) is 8.14. The maximum absolute atomic E-state index is 12.1. The minimum absolute atomic E-state index is 0.221. The van der Waals surface area contributed by atoms with Gasteiger partial charge in [0.2, 0.25) is 5.91 Å². The zero-order chi connectivity index (χ0) is 21.2. The molecule has 0 radical (unpaired) electrons. The first-order valence-electron chi connectivity index (χ1n) is 11.3. The lowest BCUT2D eigenvalue weighted by atomic mass is 10.1. The molecule has 0 spiro atoms. The molecule has 1 amide bonds. The number of nitrogens with zero attached hydrogens (tertiary/aromatic N) is 1. The highest BCUT2D eigenvalue weighted by atomic mass is 35.5. The van der Waals surface area contributed by atoms with E-state index in [1.165, 1.54) is 64.2 Å². The molecule has 4 nitrogen and oxygen atoms in total. The number of aliphatic imine (C=N–C) groups is 1. The summed E-state index contributed by atoms with van der Waals surface area (Å²) >= 11 is 5.85. The van der Waals surface area contributed by atoms with E-state index in [2.05, 4.69) is 17.2 Å². The quantitative estimate of drug-likeness (QED) is 0.241. The minimum atomic E-state index is -0.761. The van der Waals surface area contributed by atoms with Gasteiger partial charge in [-0.25, -0.2) is 0 Å². The molecular weight excluding hydrogens is 384 g/mol. The van der Waals surface area contributed by atoms with Crippen LogP contribution in [-0.2, 0) is 4.79 Å². The van der Waals surface area contributed by atoms with E-state index in [1.54, 1.807) is 18.3 Å². The number of aliphatic hydroxyl groups excluding tert-OH is 1. The number of nitrogens with one attached hydrogen (secondary N) is 1. The average molecular weight is 423 g/mol. The molecule has 0 aromatic heterocycles. The molecule has 1 atom stereocenters. The Balaban J connectivity index is 2.04. The number of carbonyl (C=O) groups excluding carboxylic acids is 1. The first-order chi connectivity index (χ1) is 14.2. The molecule has 1 aromatic rings. The van der Waals surface area contributed by atoms with Gasteiger partial charge in [0.25, 0.3) is 0 Å². The van der Waals surface area contributed by atoms with Crippen LogP contribution in [0.1, 0.15) is 89.5 Å². The lowest BCUT2D eigenvalue weighted by Gasteiger charge is -2.10. The van der Waals surface area contributed by atoms with Crippen molar-refractivity contribution >= 4 is 23.7 Å². The largest absolute Gasteiger partial charge is 0.394 e. The van der Waals surface area contributed by atoms with Crippen molar-refractivity contribution in [3.8, 4) is 0 Å². The van der Waals surface area contributed by atoms with Crippen molar-refractivity contribution < 1.29 is 9.90 Å². The SMILES string of the molecule is CCCCCCCCCCCCCCNC(=O)[C@H](CO)/N=C/c1ccc(Cl)cc1. The zero-order valence-corrected chi connectivity index (χ0v) is 18.8. The Hall–Kier alpha value is -1.39. The van der Waals surface area contributed by atoms with Crippen LogP contribution in [0.15, 0.2) is 29.3 Å². The zero-order valence-electron chi connectivity index (χ0n) is 18.0. The van der Waals surface area contributed by atoms with Crippen LogP contribution in [0.3, 0.4) is 0 Å². The molecule has 0 heterocycles. The maximum atomic E-state index is 12.1. The molecule has 1 aromatic carbocycles. The fraction of sp³-hybridized carbons (Fsp3) is 0.667. The smallest absolute Gasteiger partial charge is 0.247 e. The molecule has 164 valence electrons. The lowest BCUT2D eigenvalue weighted by Crippen LogP contribution is -2.36. The average Bonchev–Trinajstić information content (AvgIpc) is 2.73. The fourth-order valence-corrected chi connectivity index (χ4v) is 3.34. The van der Waals surface area contributed by atoms with Gasteiger partial charge in [-0.1, -0.05) is 101 Å². The van der Waals surface area contributed by atoms with Gasteiger partial charge in [-0.15, -0.1) is 0 Å². The standard InChI is InChI=1S/C24H39ClN2O2/c1-2-3-4-5-6-7-8-9-10-11-12-13-18-26-24(29)23(20-28)27-19-21-14-16-22(25)17-15-21/h14-17,19,23,28H,2-13,18,20H2,1H3,(H,26,29)/b27-19+/t23-/m0/s1. The van der Waals surface area contributed by atoms with E-state index in [0.717, 1.165) is 18.4 Å². The molecule has 0 saturated heterocycles. The molecular formula is C24H39ClN2O2. The number of halogens is 1. The van der Waals surface area contributed by atoms with Crippen LogP contribution in [0.5, 0.6) is 0 Å². The molecule has 0 aliphatic rings. The third-order valence-electron chi connectivity index (χ3n) is 5.08. The van der Waals surface area contributed by atoms with Gasteiger partial charge in [0.05, 0.1) is 6.61 Å². The summed E-state index contributed by atoms with van der Waals surface area (Å²) < 4.78 is 0. The Kier molecular flexibility index (Phi) is 15.4. The summed E-state index contributed by atoms with van der Waals surface area (Å²) in [6.07, 6.45) is 17.1. The number of aliphatic hydroxyl groups is 1. The monoisotopic (exact) mass is 422 g/mol. The molecule has 2 N–H and O–H groups in total. The van der Waals surface area contributed by atoms with Crippen molar-refractivity contribution in [2.24, 2.45) is 4.99 Å². The van der Waals surface area contributed by atoms with Crippen LogP contribution in [0.2, 0.25) is 5.02 Å². The van der Waals surface area contributed by atoms with E-state index in [9.17, 15) is 9.90 Å². The highest BCUT2D eigenvalue weighted by Crippen LogP contribution is 2.12. The summed E-state index contributed by atoms with van der Waals surface area (Å²) in [5, 5.41) is 13.0. The Labute approximate surface area is 182 Å². The van der Waals surface area contributed by atoms with Crippen LogP contribution >= 0.6 is 11.6 Å². The van der Waals surface area contributed by atoms with Gasteiger partial charge in [0.1, 0.15) is 0 Å².